The summed E-state index contributed by atoms with van der Waals surface area (Å²) in [5.41, 5.74) is 13.7. The Morgan fingerprint density at radius 2 is 1.44 bits per heavy atom. The predicted octanol–water partition coefficient (Wildman–Crippen LogP) is -0.333. The van der Waals surface area contributed by atoms with Crippen LogP contribution in [0, 0.1) is 0 Å². The number of aromatic amines is 1. The number of anilines is 1. The van der Waals surface area contributed by atoms with Gasteiger partial charge < -0.3 is 53.0 Å². The second kappa shape index (κ2) is 19.4. The maximum absolute atomic E-state index is 14.2. The number of phenolic OH excluding ortho intramolecular Hbond substituents is 2. The van der Waals surface area contributed by atoms with Crippen LogP contribution in [0.15, 0.2) is 78.9 Å². The molecule has 2 heterocycles. The smallest absolute Gasteiger partial charge is 0.246 e. The highest BCUT2D eigenvalue weighted by Gasteiger charge is 2.39. The molecule has 5 rings (SSSR count). The average molecular weight is 785 g/mol. The van der Waals surface area contributed by atoms with E-state index in [1.807, 2.05) is 30.3 Å². The van der Waals surface area contributed by atoms with Gasteiger partial charge in [0.05, 0.1) is 18.7 Å². The van der Waals surface area contributed by atoms with E-state index in [9.17, 15) is 39.3 Å². The van der Waals surface area contributed by atoms with Gasteiger partial charge in [0.2, 0.25) is 35.5 Å². The van der Waals surface area contributed by atoms with E-state index in [0.29, 0.717) is 18.4 Å². The van der Waals surface area contributed by atoms with Gasteiger partial charge in [-0.2, -0.15) is 4.98 Å². The lowest BCUT2D eigenvalue weighted by Gasteiger charge is -2.29. The number of primary amides is 1. The second-order valence-electron chi connectivity index (χ2n) is 13.9. The van der Waals surface area contributed by atoms with Crippen molar-refractivity contribution in [1.82, 2.24) is 36.0 Å². The van der Waals surface area contributed by atoms with Crippen LogP contribution in [0.1, 0.15) is 48.3 Å². The summed E-state index contributed by atoms with van der Waals surface area (Å²) in [5.74, 6) is -2.69. The minimum absolute atomic E-state index is 0.0188. The first-order valence-electron chi connectivity index (χ1n) is 18.5. The number of likely N-dealkylation sites (tertiary alicyclic amines) is 1. The Hall–Kier alpha value is -6.53. The molecule has 5 amide bonds. The molecule has 0 saturated carbocycles. The van der Waals surface area contributed by atoms with Crippen LogP contribution < -0.4 is 32.7 Å². The number of aliphatic hydroxyl groups excluding tert-OH is 1. The highest BCUT2D eigenvalue weighted by molar-refractivity contribution is 5.94. The molecule has 12 N–H and O–H groups in total. The molecule has 302 valence electrons. The Kier molecular flexibility index (Phi) is 14.1. The summed E-state index contributed by atoms with van der Waals surface area (Å²) in [4.78, 5) is 71.5. The van der Waals surface area contributed by atoms with Crippen molar-refractivity contribution in [3.8, 4) is 11.5 Å². The number of hydrogen-bond acceptors (Lipinski definition) is 12. The van der Waals surface area contributed by atoms with Crippen LogP contribution in [0.3, 0.4) is 0 Å². The minimum atomic E-state index is -1.31. The molecule has 6 atom stereocenters. The number of nitrogens with one attached hydrogen (secondary N) is 5. The first kappa shape index (κ1) is 41.6. The van der Waals surface area contributed by atoms with Gasteiger partial charge in [0.1, 0.15) is 41.5 Å². The van der Waals surface area contributed by atoms with Crippen LogP contribution in [-0.4, -0.2) is 108 Å². The summed E-state index contributed by atoms with van der Waals surface area (Å²) in [6.45, 7) is 1.07. The van der Waals surface area contributed by atoms with Crippen LogP contribution in [0.5, 0.6) is 11.5 Å². The number of nitrogens with zero attached hydrogens (tertiary/aromatic N) is 3. The van der Waals surface area contributed by atoms with Crippen LogP contribution >= 0.6 is 0 Å². The van der Waals surface area contributed by atoms with Gasteiger partial charge in [-0.15, -0.1) is 5.10 Å². The Morgan fingerprint density at radius 3 is 2.05 bits per heavy atom. The summed E-state index contributed by atoms with van der Waals surface area (Å²) in [6, 6.07) is 15.9. The van der Waals surface area contributed by atoms with Crippen molar-refractivity contribution in [2.75, 3.05) is 18.5 Å². The number of aliphatic hydroxyl groups is 1. The SMILES string of the molecule is C[C@@H](NC(=O)[C@@H](N)Cc1ccc(O)cc1)C(=O)N[C@@H](Cc1ccccc1)c1nc(N[C@@H](Cc2ccc(O)cc2)C(=O)N2CCC[C@H]2C(=O)N[C@@H](CO)C(N)=O)n[nH]1. The zero-order valence-corrected chi connectivity index (χ0v) is 31.3. The molecular formula is C39H48N10O8. The van der Waals surface area contributed by atoms with Crippen LogP contribution in [-0.2, 0) is 43.2 Å². The third kappa shape index (κ3) is 11.5. The molecule has 0 bridgehead atoms. The first-order chi connectivity index (χ1) is 27.3. The van der Waals surface area contributed by atoms with Gasteiger partial charge in [0.25, 0.3) is 0 Å². The quantitative estimate of drug-likeness (QED) is 0.0621. The third-order valence-electron chi connectivity index (χ3n) is 9.57. The molecule has 3 aromatic carbocycles. The van der Waals surface area contributed by atoms with Crippen molar-refractivity contribution in [3.05, 3.63) is 101 Å². The lowest BCUT2D eigenvalue weighted by atomic mass is 10.0. The van der Waals surface area contributed by atoms with E-state index in [1.54, 1.807) is 24.3 Å². The molecule has 1 aromatic heterocycles. The predicted molar refractivity (Wildman–Crippen MR) is 207 cm³/mol. The number of amides is 5. The van der Waals surface area contributed by atoms with Crippen molar-refractivity contribution >= 4 is 35.5 Å². The molecule has 1 fully saturated rings. The Balaban J connectivity index is 1.33. The second-order valence-corrected chi connectivity index (χ2v) is 13.9. The van der Waals surface area contributed by atoms with Crippen LogP contribution in [0.2, 0.25) is 0 Å². The number of rotatable bonds is 18. The molecule has 18 nitrogen and oxygen atoms in total. The van der Waals surface area contributed by atoms with Gasteiger partial charge in [0, 0.05) is 13.0 Å². The summed E-state index contributed by atoms with van der Waals surface area (Å²) >= 11 is 0. The third-order valence-corrected chi connectivity index (χ3v) is 9.57. The van der Waals surface area contributed by atoms with Crippen LogP contribution in [0.25, 0.3) is 0 Å². The van der Waals surface area contributed by atoms with Crippen LogP contribution in [0.4, 0.5) is 5.95 Å². The van der Waals surface area contributed by atoms with E-state index in [0.717, 1.165) is 11.1 Å². The largest absolute Gasteiger partial charge is 0.508 e. The number of H-pyrrole nitrogens is 1. The Bertz CT molecular complexity index is 1990. The van der Waals surface area contributed by atoms with E-state index >= 15 is 0 Å². The highest BCUT2D eigenvalue weighted by Crippen LogP contribution is 2.23. The number of aromatic hydroxyl groups is 2. The van der Waals surface area contributed by atoms with Crippen molar-refractivity contribution in [2.24, 2.45) is 11.5 Å². The fraction of sp³-hybridized carbons (Fsp3) is 0.359. The van der Waals surface area contributed by atoms with Gasteiger partial charge in [-0.3, -0.25) is 29.1 Å². The summed E-state index contributed by atoms with van der Waals surface area (Å²) in [5, 5.41) is 47.1. The van der Waals surface area contributed by atoms with Gasteiger partial charge in [-0.1, -0.05) is 54.6 Å². The monoisotopic (exact) mass is 784 g/mol. The number of hydrogen-bond donors (Lipinski definition) is 10. The Labute approximate surface area is 328 Å². The fourth-order valence-electron chi connectivity index (χ4n) is 6.42. The maximum Gasteiger partial charge on any atom is 0.246 e. The molecule has 57 heavy (non-hydrogen) atoms. The van der Waals surface area contributed by atoms with Gasteiger partial charge >= 0.3 is 0 Å². The molecule has 1 aliphatic rings. The van der Waals surface area contributed by atoms with Crippen molar-refractivity contribution in [3.63, 3.8) is 0 Å². The highest BCUT2D eigenvalue weighted by atomic mass is 16.3. The molecular weight excluding hydrogens is 736 g/mol. The lowest BCUT2D eigenvalue weighted by molar-refractivity contribution is -0.140. The molecule has 1 aliphatic heterocycles. The van der Waals surface area contributed by atoms with E-state index in [1.165, 1.54) is 36.1 Å². The Morgan fingerprint density at radius 1 is 0.825 bits per heavy atom. The zero-order valence-electron chi connectivity index (χ0n) is 31.3. The van der Waals surface area contributed by atoms with Crippen molar-refractivity contribution in [2.45, 2.75) is 75.3 Å². The maximum atomic E-state index is 14.2. The normalized spacial score (nSPS) is 16.4. The molecule has 0 radical (unpaired) electrons. The molecule has 18 heteroatoms. The van der Waals surface area contributed by atoms with E-state index < -0.39 is 72.4 Å². The topological polar surface area (TPSA) is 291 Å². The fourth-order valence-corrected chi connectivity index (χ4v) is 6.42. The van der Waals surface area contributed by atoms with Crippen molar-refractivity contribution < 1.29 is 39.3 Å². The average Bonchev–Trinajstić information content (AvgIpc) is 3.89. The van der Waals surface area contributed by atoms with E-state index in [2.05, 4.69) is 36.4 Å². The number of aromatic nitrogens is 3. The molecule has 0 spiro atoms. The molecule has 4 aromatic rings. The van der Waals surface area contributed by atoms with Gasteiger partial charge in [0.15, 0.2) is 0 Å². The number of carbonyl (C=O) groups excluding carboxylic acids is 5. The summed E-state index contributed by atoms with van der Waals surface area (Å²) in [7, 11) is 0. The molecule has 1 saturated heterocycles. The lowest BCUT2D eigenvalue weighted by Crippen LogP contribution is -2.55. The number of carbonyl (C=O) groups is 5. The molecule has 0 unspecified atom stereocenters. The minimum Gasteiger partial charge on any atom is -0.508 e. The van der Waals surface area contributed by atoms with Crippen molar-refractivity contribution in [1.29, 1.82) is 0 Å². The number of phenols is 2. The summed E-state index contributed by atoms with van der Waals surface area (Å²) in [6.07, 6.45) is 1.39. The zero-order chi connectivity index (χ0) is 41.1. The van der Waals surface area contributed by atoms with Gasteiger partial charge in [-0.05, 0) is 73.6 Å². The van der Waals surface area contributed by atoms with Gasteiger partial charge in [-0.25, -0.2) is 0 Å². The number of nitrogens with two attached hydrogens (primary N) is 2. The van der Waals surface area contributed by atoms with E-state index in [-0.39, 0.29) is 49.1 Å². The summed E-state index contributed by atoms with van der Waals surface area (Å²) < 4.78 is 0. The number of benzene rings is 3. The first-order valence-corrected chi connectivity index (χ1v) is 18.5. The standard InChI is InChI=1S/C39H48N10O8/c1-22(42-36(55)28(40)18-24-9-13-26(51)14-10-24)35(54)43-29(19-23-6-3-2-4-7-23)34-46-39(48-47-34)45-30(20-25-11-15-27(52)16-12-25)38(57)49-17-5-8-32(49)37(56)44-31(21-50)33(41)53/h2-4,6-7,9-16,22,28-32,50-52H,5,8,17-21,40H2,1H3,(H2,41,53)(H,42,55)(H,43,54)(H,44,56)(H2,45,46,47,48)/t22-,28+,29+,30+,31+,32+/m1/s1. The molecule has 0 aliphatic carbocycles. The van der Waals surface area contributed by atoms with E-state index in [4.69, 9.17) is 11.5 Å².